The number of halogens is 1. The van der Waals surface area contributed by atoms with E-state index in [4.69, 9.17) is 0 Å². The Morgan fingerprint density at radius 2 is 2.04 bits per heavy atom. The molecule has 0 saturated heterocycles. The first-order chi connectivity index (χ1) is 12.1. The van der Waals surface area contributed by atoms with E-state index >= 15 is 0 Å². The maximum atomic E-state index is 13.3. The summed E-state index contributed by atoms with van der Waals surface area (Å²) in [4.78, 5) is 25.9. The predicted octanol–water partition coefficient (Wildman–Crippen LogP) is 3.12. The van der Waals surface area contributed by atoms with Gasteiger partial charge >= 0.3 is 0 Å². The predicted molar refractivity (Wildman–Crippen MR) is 91.4 cm³/mol. The highest BCUT2D eigenvalue weighted by Gasteiger charge is 2.23. The van der Waals surface area contributed by atoms with Crippen LogP contribution in [0.1, 0.15) is 11.5 Å². The van der Waals surface area contributed by atoms with Crippen molar-refractivity contribution in [1.82, 2.24) is 4.98 Å². The number of H-pyrrole nitrogens is 1. The van der Waals surface area contributed by atoms with Crippen LogP contribution >= 0.6 is 0 Å². The van der Waals surface area contributed by atoms with Crippen LogP contribution in [0, 0.1) is 17.1 Å². The van der Waals surface area contributed by atoms with Gasteiger partial charge in [-0.3, -0.25) is 9.59 Å². The van der Waals surface area contributed by atoms with E-state index in [9.17, 15) is 19.2 Å². The topological polar surface area (TPSA) is 97.8 Å². The van der Waals surface area contributed by atoms with Crippen molar-refractivity contribution in [2.24, 2.45) is 0 Å². The fourth-order valence-electron chi connectivity index (χ4n) is 2.60. The summed E-state index contributed by atoms with van der Waals surface area (Å²) >= 11 is 0. The van der Waals surface area contributed by atoms with Crippen LogP contribution in [0.15, 0.2) is 48.7 Å². The van der Waals surface area contributed by atoms with Crippen LogP contribution in [0.4, 0.5) is 15.8 Å². The lowest BCUT2D eigenvalue weighted by Crippen LogP contribution is -2.19. The minimum atomic E-state index is -1.07. The zero-order chi connectivity index (χ0) is 17.8. The first-order valence-corrected chi connectivity index (χ1v) is 7.39. The molecule has 0 saturated carbocycles. The minimum absolute atomic E-state index is 0.404. The lowest BCUT2D eigenvalue weighted by molar-refractivity contribution is -0.116. The van der Waals surface area contributed by atoms with Crippen molar-refractivity contribution in [3.05, 3.63) is 60.0 Å². The van der Waals surface area contributed by atoms with Crippen LogP contribution in [0.5, 0.6) is 0 Å². The minimum Gasteiger partial charge on any atom is -0.361 e. The summed E-state index contributed by atoms with van der Waals surface area (Å²) in [6.07, 6.45) is 2.06. The average Bonchev–Trinajstić information content (AvgIpc) is 2.99. The van der Waals surface area contributed by atoms with E-state index < -0.39 is 17.6 Å². The normalized spacial score (nSPS) is 11.5. The summed E-state index contributed by atoms with van der Waals surface area (Å²) in [6, 6.07) is 12.6. The molecule has 3 N–H and O–H groups in total. The van der Waals surface area contributed by atoms with Crippen molar-refractivity contribution in [3.63, 3.8) is 0 Å². The molecule has 6 nitrogen and oxygen atoms in total. The molecule has 0 spiro atoms. The maximum Gasteiger partial charge on any atom is 0.246 e. The van der Waals surface area contributed by atoms with Crippen LogP contribution in [-0.4, -0.2) is 17.3 Å². The third-order valence-electron chi connectivity index (χ3n) is 3.73. The van der Waals surface area contributed by atoms with Crippen molar-refractivity contribution < 1.29 is 14.0 Å². The number of aromatic amines is 1. The zero-order valence-electron chi connectivity index (χ0n) is 12.9. The fourth-order valence-corrected chi connectivity index (χ4v) is 2.60. The zero-order valence-corrected chi connectivity index (χ0v) is 12.9. The average molecular weight is 336 g/mol. The van der Waals surface area contributed by atoms with Crippen LogP contribution in [0.25, 0.3) is 10.9 Å². The van der Waals surface area contributed by atoms with E-state index in [1.165, 1.54) is 24.4 Å². The summed E-state index contributed by atoms with van der Waals surface area (Å²) in [5.74, 6) is -1.99. The number of hydrogen-bond donors (Lipinski definition) is 3. The van der Waals surface area contributed by atoms with Gasteiger partial charge in [-0.2, -0.15) is 5.26 Å². The Labute approximate surface area is 142 Å². The Morgan fingerprint density at radius 1 is 1.24 bits per heavy atom. The van der Waals surface area contributed by atoms with E-state index in [-0.39, 0.29) is 0 Å². The van der Waals surface area contributed by atoms with Gasteiger partial charge in [0.2, 0.25) is 12.3 Å². The van der Waals surface area contributed by atoms with Gasteiger partial charge in [0.05, 0.1) is 6.07 Å². The van der Waals surface area contributed by atoms with Gasteiger partial charge in [0.15, 0.2) is 5.92 Å². The largest absolute Gasteiger partial charge is 0.361 e. The van der Waals surface area contributed by atoms with Crippen LogP contribution in [0.2, 0.25) is 0 Å². The van der Waals surface area contributed by atoms with E-state index in [0.29, 0.717) is 34.3 Å². The van der Waals surface area contributed by atoms with Crippen molar-refractivity contribution in [1.29, 1.82) is 5.26 Å². The number of nitrogens with one attached hydrogen (secondary N) is 3. The molecule has 0 aliphatic heterocycles. The number of amides is 2. The second-order valence-electron chi connectivity index (χ2n) is 5.33. The molecule has 25 heavy (non-hydrogen) atoms. The van der Waals surface area contributed by atoms with Crippen molar-refractivity contribution in [3.8, 4) is 6.07 Å². The van der Waals surface area contributed by atoms with E-state index in [2.05, 4.69) is 15.6 Å². The number of nitriles is 1. The quantitative estimate of drug-likeness (QED) is 0.624. The molecule has 1 atom stereocenters. The van der Waals surface area contributed by atoms with Crippen LogP contribution in [-0.2, 0) is 9.59 Å². The number of benzene rings is 2. The molecule has 1 heterocycles. The summed E-state index contributed by atoms with van der Waals surface area (Å²) in [5, 5.41) is 15.2. The van der Waals surface area contributed by atoms with E-state index in [0.717, 1.165) is 0 Å². The van der Waals surface area contributed by atoms with Crippen LogP contribution in [0.3, 0.4) is 0 Å². The molecule has 3 aromatic rings. The fraction of sp³-hybridized carbons (Fsp3) is 0.0556. The number of anilines is 2. The highest BCUT2D eigenvalue weighted by Crippen LogP contribution is 2.27. The molecule has 124 valence electrons. The summed E-state index contributed by atoms with van der Waals surface area (Å²) < 4.78 is 13.3. The maximum absolute atomic E-state index is 13.3. The van der Waals surface area contributed by atoms with Gasteiger partial charge in [-0.1, -0.05) is 6.07 Å². The molecule has 0 aliphatic carbocycles. The summed E-state index contributed by atoms with van der Waals surface area (Å²) in [5.41, 5.74) is 1.95. The molecule has 1 aromatic heterocycles. The number of rotatable bonds is 5. The van der Waals surface area contributed by atoms with E-state index in [1.807, 2.05) is 6.07 Å². The molecule has 3 rings (SSSR count). The standard InChI is InChI=1S/C18H13FN4O2/c19-11-4-5-14-16(9-21-17(14)6-11)15(8-20)18(25)23-13-3-1-2-12(7-13)22-10-24/h1-7,9-10,15,21H,(H,22,24)(H,23,25). The van der Waals surface area contributed by atoms with Gasteiger partial charge in [-0.25, -0.2) is 4.39 Å². The highest BCUT2D eigenvalue weighted by molar-refractivity contribution is 6.01. The lowest BCUT2D eigenvalue weighted by Gasteiger charge is -2.11. The van der Waals surface area contributed by atoms with Gasteiger partial charge in [0.25, 0.3) is 0 Å². The van der Waals surface area contributed by atoms with Gasteiger partial charge in [0.1, 0.15) is 5.82 Å². The highest BCUT2D eigenvalue weighted by atomic mass is 19.1. The molecule has 7 heteroatoms. The summed E-state index contributed by atoms with van der Waals surface area (Å²) in [6.45, 7) is 0. The van der Waals surface area contributed by atoms with Gasteiger partial charge in [0, 0.05) is 34.0 Å². The number of carbonyl (C=O) groups is 2. The first-order valence-electron chi connectivity index (χ1n) is 7.39. The van der Waals surface area contributed by atoms with Crippen molar-refractivity contribution in [2.75, 3.05) is 10.6 Å². The van der Waals surface area contributed by atoms with Gasteiger partial charge in [-0.15, -0.1) is 0 Å². The second-order valence-corrected chi connectivity index (χ2v) is 5.33. The number of carbonyl (C=O) groups excluding carboxylic acids is 2. The third kappa shape index (κ3) is 3.33. The molecule has 0 radical (unpaired) electrons. The Morgan fingerprint density at radius 3 is 2.80 bits per heavy atom. The molecule has 2 aromatic carbocycles. The van der Waals surface area contributed by atoms with Crippen LogP contribution < -0.4 is 10.6 Å². The van der Waals surface area contributed by atoms with Crippen molar-refractivity contribution in [2.45, 2.75) is 5.92 Å². The smallest absolute Gasteiger partial charge is 0.246 e. The SMILES string of the molecule is N#CC(C(=O)Nc1cccc(NC=O)c1)c1c[nH]c2cc(F)ccc12. The Bertz CT molecular complexity index is 990. The monoisotopic (exact) mass is 336 g/mol. The molecule has 0 fully saturated rings. The van der Waals surface area contributed by atoms with Crippen molar-refractivity contribution >= 4 is 34.6 Å². The Hall–Kier alpha value is -3.66. The number of nitrogens with zero attached hydrogens (tertiary/aromatic N) is 1. The first kappa shape index (κ1) is 16.2. The van der Waals surface area contributed by atoms with E-state index in [1.54, 1.807) is 24.3 Å². The number of hydrogen-bond acceptors (Lipinski definition) is 3. The number of fused-ring (bicyclic) bond motifs is 1. The molecule has 0 aliphatic rings. The van der Waals surface area contributed by atoms with Gasteiger partial charge < -0.3 is 15.6 Å². The Kier molecular flexibility index (Phi) is 4.44. The molecular weight excluding hydrogens is 323 g/mol. The third-order valence-corrected chi connectivity index (χ3v) is 3.73. The van der Waals surface area contributed by atoms with Gasteiger partial charge in [-0.05, 0) is 36.4 Å². The molecule has 0 bridgehead atoms. The second kappa shape index (κ2) is 6.84. The Balaban J connectivity index is 1.87. The molecular formula is C18H13FN4O2. The molecule has 2 amide bonds. The number of aromatic nitrogens is 1. The molecule has 1 unspecified atom stereocenters. The lowest BCUT2D eigenvalue weighted by atomic mass is 9.99. The summed E-state index contributed by atoms with van der Waals surface area (Å²) in [7, 11) is 0.